The molecule has 0 saturated carbocycles. The maximum Gasteiger partial charge on any atom is 0.278 e. The fourth-order valence-corrected chi connectivity index (χ4v) is 19.9. The third-order valence-corrected chi connectivity index (χ3v) is 28.9. The monoisotopic (exact) mass is 2020 g/mol. The zero-order chi connectivity index (χ0) is 103. The number of allylic oxidation sites excluding steroid dienone is 8. The van der Waals surface area contributed by atoms with E-state index in [-0.39, 0.29) is 22.2 Å². The minimum absolute atomic E-state index is 0.185. The summed E-state index contributed by atoms with van der Waals surface area (Å²) in [6.07, 6.45) is 25.6. The van der Waals surface area contributed by atoms with Crippen molar-refractivity contribution in [3.63, 3.8) is 0 Å². The number of benzene rings is 4. The van der Waals surface area contributed by atoms with E-state index in [1.807, 2.05) is 158 Å². The summed E-state index contributed by atoms with van der Waals surface area (Å²) in [5.74, 6) is 3.65. The molecular weight excluding hydrogens is 1900 g/mol. The van der Waals surface area contributed by atoms with Gasteiger partial charge in [0.1, 0.15) is 32.7 Å². The first kappa shape index (κ1) is 99.9. The van der Waals surface area contributed by atoms with Gasteiger partial charge in [0.15, 0.2) is 45.9 Å². The highest BCUT2D eigenvalue weighted by molar-refractivity contribution is 5.81. The van der Waals surface area contributed by atoms with Crippen LogP contribution in [0.15, 0.2) is 262 Å². The van der Waals surface area contributed by atoms with Crippen LogP contribution in [0.3, 0.4) is 0 Å². The molecule has 772 valence electrons. The van der Waals surface area contributed by atoms with Crippen molar-refractivity contribution >= 4 is 113 Å². The molecule has 150 heavy (non-hydrogen) atoms. The van der Waals surface area contributed by atoms with Gasteiger partial charge < -0.3 is 80.9 Å². The number of pyridine rings is 4. The molecule has 0 unspecified atom stereocenters. The minimum atomic E-state index is -1.09. The first-order chi connectivity index (χ1) is 72.9. The molecule has 4 atom stereocenters. The van der Waals surface area contributed by atoms with E-state index in [9.17, 15) is 39.6 Å². The molecule has 24 rings (SSSR count). The molecule has 4 fully saturated rings. The molecule has 0 spiro atoms. The molecule has 16 aromatic rings. The summed E-state index contributed by atoms with van der Waals surface area (Å²) >= 11 is 0. The molecule has 40 heteroatoms. The van der Waals surface area contributed by atoms with Gasteiger partial charge in [0.2, 0.25) is 23.8 Å². The maximum absolute atomic E-state index is 13.3. The van der Waals surface area contributed by atoms with Crippen molar-refractivity contribution in [2.45, 2.75) is 115 Å². The Morgan fingerprint density at radius 1 is 0.287 bits per heavy atom. The van der Waals surface area contributed by atoms with Crippen LogP contribution < -0.4 is 63.1 Å². The molecule has 0 radical (unpaired) electrons. The van der Waals surface area contributed by atoms with E-state index in [0.29, 0.717) is 192 Å². The van der Waals surface area contributed by atoms with E-state index in [1.54, 1.807) is 88.2 Å². The number of rotatable bonds is 12. The van der Waals surface area contributed by atoms with Crippen LogP contribution in [0.25, 0.3) is 67.4 Å². The second-order valence-electron chi connectivity index (χ2n) is 39.7. The standard InChI is InChI=1S/2C28H32N8O2.2C27H30N8O2/c2*1-28(38)13-4-3-5-14-35-26(37)22-19-29-27(32-25(22)36(35)24-8-6-7-23(28)31-24)30-20-9-11-21(12-10-20)34-17-15-33(2)16-18-34;2*1-32-14-16-33(17-15-32)20-11-9-19(10-12-20)29-27-28-18-21-25(31-27)35-24-8-5-6-22(30-24)23(36)7-3-2-4-13-34(35)26(21)37/h2*3,5-12,19,38H,4,13-18H2,1-2H3,(H,29,30,32);2*2,4-6,8-12,18,23,36H,3,7,13-17H2,1H3,(H,28,29,31)/b2*5-3-;2*4-2-/t2*28-;2*23-/m1010/s1. The van der Waals surface area contributed by atoms with E-state index in [2.05, 4.69) is 167 Å². The summed E-state index contributed by atoms with van der Waals surface area (Å²) in [7, 11) is 8.60. The highest BCUT2D eigenvalue weighted by Crippen LogP contribution is 2.35. The van der Waals surface area contributed by atoms with Crippen LogP contribution in [0.4, 0.5) is 69.3 Å². The maximum atomic E-state index is 13.3. The first-order valence-corrected chi connectivity index (χ1v) is 51.4. The lowest BCUT2D eigenvalue weighted by Crippen LogP contribution is -2.44. The summed E-state index contributed by atoms with van der Waals surface area (Å²) in [5.41, 5.74) is 9.39. The Kier molecular flexibility index (Phi) is 29.1. The van der Waals surface area contributed by atoms with Crippen molar-refractivity contribution in [2.75, 3.05) is 174 Å². The Bertz CT molecular complexity index is 7480. The number of fused-ring (bicyclic) bond motifs is 24. The van der Waals surface area contributed by atoms with E-state index in [4.69, 9.17) is 29.9 Å². The summed E-state index contributed by atoms with van der Waals surface area (Å²) in [5, 5.41) is 57.9. The number of nitrogens with one attached hydrogen (secondary N) is 4. The number of nitrogens with zero attached hydrogens (tertiary/aromatic N) is 28. The Morgan fingerprint density at radius 2 is 0.527 bits per heavy atom. The topological polar surface area (TPSA) is 417 Å². The molecule has 12 aromatic heterocycles. The highest BCUT2D eigenvalue weighted by atomic mass is 16.3. The first-order valence-electron chi connectivity index (χ1n) is 51.4. The van der Waals surface area contributed by atoms with Crippen molar-refractivity contribution < 1.29 is 20.4 Å². The Morgan fingerprint density at radius 3 is 0.787 bits per heavy atom. The predicted molar refractivity (Wildman–Crippen MR) is 584 cm³/mol. The number of piperazine rings is 4. The van der Waals surface area contributed by atoms with Gasteiger partial charge in [-0.15, -0.1) is 0 Å². The number of aliphatic hydroxyl groups excluding tert-OH is 2. The van der Waals surface area contributed by atoms with Crippen LogP contribution in [-0.4, -0.2) is 270 Å². The van der Waals surface area contributed by atoms with E-state index >= 15 is 0 Å². The van der Waals surface area contributed by atoms with Gasteiger partial charge in [0.05, 0.1) is 61.2 Å². The van der Waals surface area contributed by atoms with Gasteiger partial charge in [-0.05, 0) is 239 Å². The Balaban J connectivity index is 0.000000117. The van der Waals surface area contributed by atoms with E-state index in [0.717, 1.165) is 127 Å². The fourth-order valence-electron chi connectivity index (χ4n) is 19.9. The van der Waals surface area contributed by atoms with Gasteiger partial charge in [0.25, 0.3) is 22.2 Å². The van der Waals surface area contributed by atoms with E-state index < -0.39 is 23.4 Å². The molecule has 0 amide bonds. The van der Waals surface area contributed by atoms with Gasteiger partial charge in [-0.2, -0.15) is 19.9 Å². The third-order valence-electron chi connectivity index (χ3n) is 28.9. The number of aliphatic hydroxyl groups is 4. The molecule has 20 heterocycles. The summed E-state index contributed by atoms with van der Waals surface area (Å²) in [6, 6.07) is 54.9. The average molecular weight is 2020 g/mol. The number of anilines is 12. The molecule has 8 aliphatic heterocycles. The second-order valence-corrected chi connectivity index (χ2v) is 39.7. The van der Waals surface area contributed by atoms with Crippen molar-refractivity contribution in [3.8, 4) is 23.3 Å². The highest BCUT2D eigenvalue weighted by Gasteiger charge is 2.32. The Hall–Kier alpha value is -16.1. The van der Waals surface area contributed by atoms with Crippen LogP contribution in [-0.2, 0) is 37.4 Å². The van der Waals surface area contributed by atoms with Crippen LogP contribution in [0.1, 0.15) is 100 Å². The molecular formula is C110H124N32O8. The molecule has 8 aliphatic rings. The zero-order valence-electron chi connectivity index (χ0n) is 85.0. The van der Waals surface area contributed by atoms with Gasteiger partial charge in [-0.25, -0.2) is 77.3 Å². The lowest BCUT2D eigenvalue weighted by Gasteiger charge is -2.34. The molecule has 40 nitrogen and oxygen atoms in total. The molecule has 4 saturated heterocycles. The number of likely N-dealkylation sites (N-methyl/N-ethyl adjacent to an activating group) is 4. The lowest BCUT2D eigenvalue weighted by molar-refractivity contribution is 0.0439. The van der Waals surface area contributed by atoms with Crippen molar-refractivity contribution in [3.05, 3.63) is 307 Å². The normalized spacial score (nSPS) is 20.2. The van der Waals surface area contributed by atoms with Gasteiger partial charge in [0, 0.05) is 175 Å². The van der Waals surface area contributed by atoms with Gasteiger partial charge >= 0.3 is 0 Å². The quantitative estimate of drug-likeness (QED) is 0.0527. The lowest BCUT2D eigenvalue weighted by atomic mass is 9.95. The Labute approximate surface area is 865 Å². The van der Waals surface area contributed by atoms with Crippen LogP contribution in [0.5, 0.6) is 0 Å². The van der Waals surface area contributed by atoms with Gasteiger partial charge in [-0.1, -0.05) is 72.9 Å². The van der Waals surface area contributed by atoms with Crippen LogP contribution in [0.2, 0.25) is 0 Å². The van der Waals surface area contributed by atoms with Crippen molar-refractivity contribution in [2.24, 2.45) is 0 Å². The molecule has 4 aromatic carbocycles. The predicted octanol–water partition coefficient (Wildman–Crippen LogP) is 11.8. The molecule has 8 bridgehead atoms. The summed E-state index contributed by atoms with van der Waals surface area (Å²) in [6.45, 7) is 21.5. The summed E-state index contributed by atoms with van der Waals surface area (Å²) in [4.78, 5) is 128. The van der Waals surface area contributed by atoms with E-state index in [1.165, 1.54) is 22.7 Å². The number of hydrogen-bond donors (Lipinski definition) is 8. The van der Waals surface area contributed by atoms with Gasteiger partial charge in [-0.3, -0.25) is 19.2 Å². The second kappa shape index (κ2) is 43.8. The zero-order valence-corrected chi connectivity index (χ0v) is 85.0. The summed E-state index contributed by atoms with van der Waals surface area (Å²) < 4.78 is 13.3. The molecule has 0 aliphatic carbocycles. The van der Waals surface area contributed by atoms with Crippen LogP contribution >= 0.6 is 0 Å². The fraction of sp³-hybridized carbons (Fsp3) is 0.345. The van der Waals surface area contributed by atoms with Crippen LogP contribution in [0, 0.1) is 0 Å². The minimum Gasteiger partial charge on any atom is -0.387 e. The number of hydrogen-bond acceptors (Lipinski definition) is 32. The number of aromatic nitrogens is 20. The average Bonchev–Trinajstić information content (AvgIpc) is 1.56. The molecule has 8 N–H and O–H groups in total. The van der Waals surface area contributed by atoms with Crippen molar-refractivity contribution in [1.29, 1.82) is 0 Å². The van der Waals surface area contributed by atoms with Crippen molar-refractivity contribution in [1.82, 2.24) is 117 Å². The smallest absolute Gasteiger partial charge is 0.278 e. The third kappa shape index (κ3) is 21.8. The SMILES string of the molecule is CN1CCN(c2ccc(Nc3ncc4c(=O)n5n(c4n3)-c3cccc(n3)[C@@H](O)CC/C=C\C5)cc2)CC1.CN1CCN(c2ccc(Nc3ncc4c(=O)n5n(c4n3)-c3cccc(n3)[C@@](C)(O)CC/C=C\C5)cc2)CC1.CN1CCN(c2ccc(Nc3ncc4c(=O)n5n(c4n3)-c3cccc(n3)[C@H](O)CC/C=C\C5)cc2)CC1.CN1CCN(c2ccc(Nc3ncc4c(=O)n5n(c4n3)-c3cccc(n3)[C@](C)(O)CC/C=C\C5)cc2)CC1. The largest absolute Gasteiger partial charge is 0.387 e.